The quantitative estimate of drug-likeness (QED) is 0.239. The molecule has 0 amide bonds. The van der Waals surface area contributed by atoms with Crippen LogP contribution in [0.5, 0.6) is 0 Å². The van der Waals surface area contributed by atoms with Crippen molar-refractivity contribution in [3.63, 3.8) is 0 Å². The summed E-state index contributed by atoms with van der Waals surface area (Å²) < 4.78 is 11.2. The largest absolute Gasteiger partial charge is 0.438 e. The minimum absolute atomic E-state index is 0.0789. The van der Waals surface area contributed by atoms with Crippen molar-refractivity contribution in [1.82, 2.24) is 10.6 Å². The predicted molar refractivity (Wildman–Crippen MR) is 85.7 cm³/mol. The summed E-state index contributed by atoms with van der Waals surface area (Å²) in [6.07, 6.45) is 4.28. The molecule has 2 saturated carbocycles. The molecule has 6 heteroatoms. The van der Waals surface area contributed by atoms with Crippen LogP contribution in [-0.2, 0) is 14.3 Å². The molecule has 118 valence electrons. The molecule has 0 radical (unpaired) electrons. The fraction of sp³-hybridized carbons (Fsp3) is 0.933. The lowest BCUT2D eigenvalue weighted by Crippen LogP contribution is -2.43. The number of ether oxygens (including phenoxy) is 2. The molecule has 0 aromatic heterocycles. The van der Waals surface area contributed by atoms with Crippen LogP contribution in [0.1, 0.15) is 40.0 Å². The van der Waals surface area contributed by atoms with Gasteiger partial charge in [0.25, 0.3) is 0 Å². The van der Waals surface area contributed by atoms with Gasteiger partial charge in [0.05, 0.1) is 12.3 Å². The Balaban J connectivity index is 1.31. The smallest absolute Gasteiger partial charge is 0.324 e. The number of esters is 1. The molecule has 4 atom stereocenters. The first kappa shape index (κ1) is 14.7. The molecule has 4 unspecified atom stereocenters. The van der Waals surface area contributed by atoms with Crippen molar-refractivity contribution in [3.05, 3.63) is 0 Å². The van der Waals surface area contributed by atoms with Crippen LogP contribution in [-0.4, -0.2) is 34.6 Å². The van der Waals surface area contributed by atoms with E-state index in [0.717, 1.165) is 5.92 Å². The van der Waals surface area contributed by atoms with Gasteiger partial charge in [-0.05, 0) is 36.0 Å². The SMILES string of the molecule is CC12CCC(C1)C(C)(C)C2OCOC(=O)C(I)C12NC1N2. The van der Waals surface area contributed by atoms with E-state index in [-0.39, 0.29) is 39.3 Å². The molecule has 21 heavy (non-hydrogen) atoms. The molecule has 2 aliphatic heterocycles. The number of carbonyl (C=O) groups is 1. The Morgan fingerprint density at radius 1 is 1.38 bits per heavy atom. The topological polar surface area (TPSA) is 79.4 Å². The maximum Gasteiger partial charge on any atom is 0.324 e. The van der Waals surface area contributed by atoms with Crippen molar-refractivity contribution < 1.29 is 14.3 Å². The van der Waals surface area contributed by atoms with E-state index in [1.165, 1.54) is 19.3 Å². The molecule has 2 aliphatic carbocycles. The maximum absolute atomic E-state index is 12.0. The van der Waals surface area contributed by atoms with E-state index in [2.05, 4.69) is 54.0 Å². The van der Waals surface area contributed by atoms with Crippen LogP contribution in [0.15, 0.2) is 0 Å². The zero-order valence-electron chi connectivity index (χ0n) is 12.7. The fourth-order valence-corrected chi connectivity index (χ4v) is 5.68. The van der Waals surface area contributed by atoms with Crippen LogP contribution < -0.4 is 10.6 Å². The minimum atomic E-state index is -0.193. The third-order valence-corrected chi connectivity index (χ3v) is 7.73. The number of hydrogen-bond acceptors (Lipinski definition) is 5. The molecule has 0 spiro atoms. The van der Waals surface area contributed by atoms with E-state index >= 15 is 0 Å². The Bertz CT molecular complexity index is 487. The zero-order valence-corrected chi connectivity index (χ0v) is 14.9. The Kier molecular flexibility index (Phi) is 3.02. The molecular formula is C15H23IN2O3. The van der Waals surface area contributed by atoms with Gasteiger partial charge in [0, 0.05) is 0 Å². The second-order valence-electron chi connectivity index (χ2n) is 8.00. The van der Waals surface area contributed by atoms with Crippen molar-refractivity contribution >= 4 is 28.6 Å². The van der Waals surface area contributed by atoms with E-state index in [0.29, 0.717) is 6.17 Å². The first-order chi connectivity index (χ1) is 9.80. The summed E-state index contributed by atoms with van der Waals surface area (Å²) in [5.74, 6) is 0.549. The van der Waals surface area contributed by atoms with Gasteiger partial charge in [0.15, 0.2) is 6.79 Å². The summed E-state index contributed by atoms with van der Waals surface area (Å²) in [6.45, 7) is 6.99. The first-order valence-corrected chi connectivity index (χ1v) is 9.02. The zero-order chi connectivity index (χ0) is 15.0. The number of alkyl halides is 1. The second kappa shape index (κ2) is 4.33. The highest BCUT2D eigenvalue weighted by Gasteiger charge is 2.75. The van der Waals surface area contributed by atoms with Gasteiger partial charge < -0.3 is 9.47 Å². The Hall–Kier alpha value is 0.0800. The lowest BCUT2D eigenvalue weighted by molar-refractivity contribution is -0.178. The van der Waals surface area contributed by atoms with E-state index in [1.807, 2.05) is 0 Å². The molecule has 5 nitrogen and oxygen atoms in total. The Morgan fingerprint density at radius 2 is 2.05 bits per heavy atom. The maximum atomic E-state index is 12.0. The summed E-state index contributed by atoms with van der Waals surface area (Å²) in [4.78, 5) is 12.0. The third-order valence-electron chi connectivity index (χ3n) is 6.24. The summed E-state index contributed by atoms with van der Waals surface area (Å²) in [5.41, 5.74) is 0.266. The van der Waals surface area contributed by atoms with Crippen LogP contribution in [0.2, 0.25) is 0 Å². The molecule has 4 aliphatic rings. The molecular weight excluding hydrogens is 383 g/mol. The van der Waals surface area contributed by atoms with Gasteiger partial charge in [-0.1, -0.05) is 43.4 Å². The van der Waals surface area contributed by atoms with E-state index in [4.69, 9.17) is 9.47 Å². The van der Waals surface area contributed by atoms with Crippen LogP contribution in [0.25, 0.3) is 0 Å². The Labute approximate surface area is 139 Å². The summed E-state index contributed by atoms with van der Waals surface area (Å²) >= 11 is 2.14. The lowest BCUT2D eigenvalue weighted by Gasteiger charge is -2.42. The molecule has 2 heterocycles. The van der Waals surface area contributed by atoms with Crippen LogP contribution in [0.4, 0.5) is 0 Å². The van der Waals surface area contributed by atoms with Gasteiger partial charge in [-0.2, -0.15) is 0 Å². The minimum Gasteiger partial charge on any atom is -0.438 e. The van der Waals surface area contributed by atoms with Crippen LogP contribution in [0, 0.1) is 16.7 Å². The van der Waals surface area contributed by atoms with E-state index in [1.54, 1.807) is 0 Å². The number of fused-ring (bicyclic) bond motifs is 3. The van der Waals surface area contributed by atoms with E-state index < -0.39 is 0 Å². The van der Waals surface area contributed by atoms with Crippen molar-refractivity contribution in [2.24, 2.45) is 16.7 Å². The molecule has 0 aromatic rings. The standard InChI is InChI=1S/C15H23IN2O3/c1-13(2)8-4-5-14(3,6-8)11(13)21-7-20-10(19)9(16)15-12(17-15)18-15/h8-9,11-12,17-18H,4-7H2,1-3H3. The average Bonchev–Trinajstić information content (AvgIpc) is 3.21. The van der Waals surface area contributed by atoms with Gasteiger partial charge in [-0.25, -0.2) is 0 Å². The lowest BCUT2D eigenvalue weighted by atomic mass is 9.70. The molecule has 0 aromatic carbocycles. The number of halogens is 1. The summed E-state index contributed by atoms with van der Waals surface area (Å²) in [5, 5.41) is 6.40. The normalized spacial score (nSPS) is 49.6. The van der Waals surface area contributed by atoms with Crippen molar-refractivity contribution in [2.75, 3.05) is 6.79 Å². The van der Waals surface area contributed by atoms with E-state index in [9.17, 15) is 4.79 Å². The number of rotatable bonds is 5. The highest BCUT2D eigenvalue weighted by molar-refractivity contribution is 14.1. The molecule has 2 bridgehead atoms. The molecule has 2 N–H and O–H groups in total. The van der Waals surface area contributed by atoms with Gasteiger partial charge in [0.1, 0.15) is 9.59 Å². The number of carbonyl (C=O) groups excluding carboxylic acids is 1. The van der Waals surface area contributed by atoms with Crippen molar-refractivity contribution in [2.45, 2.75) is 61.9 Å². The highest BCUT2D eigenvalue weighted by Crippen LogP contribution is 2.63. The van der Waals surface area contributed by atoms with Crippen molar-refractivity contribution in [1.29, 1.82) is 0 Å². The third kappa shape index (κ3) is 2.01. The molecule has 4 rings (SSSR count). The highest BCUT2D eigenvalue weighted by atomic mass is 127. The second-order valence-corrected chi connectivity index (χ2v) is 9.24. The van der Waals surface area contributed by atoms with Crippen LogP contribution >= 0.6 is 22.6 Å². The van der Waals surface area contributed by atoms with Gasteiger partial charge in [0.2, 0.25) is 0 Å². The van der Waals surface area contributed by atoms with Crippen molar-refractivity contribution in [3.8, 4) is 0 Å². The first-order valence-electron chi connectivity index (χ1n) is 7.77. The van der Waals surface area contributed by atoms with Gasteiger partial charge in [-0.15, -0.1) is 0 Å². The van der Waals surface area contributed by atoms with Gasteiger partial charge in [-0.3, -0.25) is 15.4 Å². The molecule has 2 saturated heterocycles. The van der Waals surface area contributed by atoms with Gasteiger partial charge >= 0.3 is 5.97 Å². The average molecular weight is 406 g/mol. The number of nitrogens with one attached hydrogen (secondary N) is 2. The predicted octanol–water partition coefficient (Wildman–Crippen LogP) is 1.75. The number of hydrogen-bond donors (Lipinski definition) is 2. The fourth-order valence-electron chi connectivity index (χ4n) is 4.78. The summed E-state index contributed by atoms with van der Waals surface area (Å²) in [7, 11) is 0. The Morgan fingerprint density at radius 3 is 2.57 bits per heavy atom. The molecule has 4 fully saturated rings. The summed E-state index contributed by atoms with van der Waals surface area (Å²) in [6, 6.07) is 0. The monoisotopic (exact) mass is 406 g/mol. The van der Waals surface area contributed by atoms with Crippen LogP contribution in [0.3, 0.4) is 0 Å².